The van der Waals surface area contributed by atoms with Gasteiger partial charge in [0.2, 0.25) is 0 Å². The first-order chi connectivity index (χ1) is 9.34. The molecule has 1 fully saturated rings. The number of nitrogens with zero attached hydrogens (tertiary/aromatic N) is 2. The third-order valence-corrected chi connectivity index (χ3v) is 4.84. The van der Waals surface area contributed by atoms with Crippen LogP contribution in [0.1, 0.15) is 55.7 Å². The first kappa shape index (κ1) is 13.2. The van der Waals surface area contributed by atoms with E-state index in [0.717, 1.165) is 19.0 Å². The van der Waals surface area contributed by atoms with Crippen molar-refractivity contribution >= 4 is 0 Å². The van der Waals surface area contributed by atoms with E-state index < -0.39 is 0 Å². The molecule has 2 aliphatic rings. The van der Waals surface area contributed by atoms with Crippen molar-refractivity contribution in [2.75, 3.05) is 13.1 Å². The van der Waals surface area contributed by atoms with Crippen molar-refractivity contribution in [2.24, 2.45) is 5.92 Å². The maximum Gasteiger partial charge on any atom is 0.106 e. The fourth-order valence-corrected chi connectivity index (χ4v) is 3.74. The van der Waals surface area contributed by atoms with Crippen LogP contribution in [0, 0.1) is 12.8 Å². The molecule has 106 valence electrons. The van der Waals surface area contributed by atoms with E-state index in [0.29, 0.717) is 0 Å². The van der Waals surface area contributed by atoms with Gasteiger partial charge < -0.3 is 9.88 Å². The van der Waals surface area contributed by atoms with E-state index in [1.54, 1.807) is 0 Å². The lowest BCUT2D eigenvalue weighted by Gasteiger charge is -2.16. The van der Waals surface area contributed by atoms with Crippen LogP contribution in [0.5, 0.6) is 0 Å². The van der Waals surface area contributed by atoms with Gasteiger partial charge in [0.15, 0.2) is 0 Å². The van der Waals surface area contributed by atoms with Crippen LogP contribution >= 0.6 is 0 Å². The second kappa shape index (κ2) is 6.08. The maximum absolute atomic E-state index is 4.74. The summed E-state index contributed by atoms with van der Waals surface area (Å²) in [5.74, 6) is 2.16. The van der Waals surface area contributed by atoms with Crippen LogP contribution < -0.4 is 5.32 Å². The van der Waals surface area contributed by atoms with E-state index >= 15 is 0 Å². The van der Waals surface area contributed by atoms with Gasteiger partial charge in [-0.3, -0.25) is 0 Å². The molecular weight excluding hydrogens is 234 g/mol. The molecule has 1 aromatic heterocycles. The Kier molecular flexibility index (Phi) is 4.21. The second-order valence-electron chi connectivity index (χ2n) is 6.27. The molecule has 0 radical (unpaired) electrons. The summed E-state index contributed by atoms with van der Waals surface area (Å²) in [5, 5.41) is 3.65. The molecule has 2 aliphatic carbocycles. The fourth-order valence-electron chi connectivity index (χ4n) is 3.74. The van der Waals surface area contributed by atoms with Crippen LogP contribution in [0.15, 0.2) is 0 Å². The van der Waals surface area contributed by atoms with Crippen LogP contribution in [0.2, 0.25) is 0 Å². The zero-order valence-electron chi connectivity index (χ0n) is 12.2. The van der Waals surface area contributed by atoms with Crippen molar-refractivity contribution in [1.29, 1.82) is 0 Å². The Morgan fingerprint density at radius 3 is 2.79 bits per heavy atom. The zero-order chi connectivity index (χ0) is 13.1. The SMILES string of the molecule is Cc1nc2c(n1CCNCC1CCCC1)CCCC2. The molecule has 1 saturated carbocycles. The Balaban J connectivity index is 1.50. The Hall–Kier alpha value is -0.830. The van der Waals surface area contributed by atoms with Gasteiger partial charge in [0.25, 0.3) is 0 Å². The predicted octanol–water partition coefficient (Wildman–Crippen LogP) is 2.85. The number of fused-ring (bicyclic) bond motifs is 1. The zero-order valence-corrected chi connectivity index (χ0v) is 12.2. The third kappa shape index (κ3) is 3.02. The van der Waals surface area contributed by atoms with Crippen LogP contribution in [-0.4, -0.2) is 22.6 Å². The molecular formula is C16H27N3. The summed E-state index contributed by atoms with van der Waals surface area (Å²) < 4.78 is 2.45. The predicted molar refractivity (Wildman–Crippen MR) is 78.4 cm³/mol. The van der Waals surface area contributed by atoms with Gasteiger partial charge in [-0.05, 0) is 57.9 Å². The van der Waals surface area contributed by atoms with Gasteiger partial charge in [0.05, 0.1) is 5.69 Å². The van der Waals surface area contributed by atoms with E-state index in [9.17, 15) is 0 Å². The minimum Gasteiger partial charge on any atom is -0.331 e. The van der Waals surface area contributed by atoms with Crippen molar-refractivity contribution in [1.82, 2.24) is 14.9 Å². The highest BCUT2D eigenvalue weighted by Gasteiger charge is 2.18. The van der Waals surface area contributed by atoms with Crippen molar-refractivity contribution in [3.05, 3.63) is 17.2 Å². The van der Waals surface area contributed by atoms with Crippen LogP contribution in [0.25, 0.3) is 0 Å². The van der Waals surface area contributed by atoms with E-state index in [1.807, 2.05) is 0 Å². The first-order valence-corrected chi connectivity index (χ1v) is 8.10. The van der Waals surface area contributed by atoms with Crippen LogP contribution in [0.4, 0.5) is 0 Å². The second-order valence-corrected chi connectivity index (χ2v) is 6.27. The standard InChI is InChI=1S/C16H27N3/c1-13-18-15-8-4-5-9-16(15)19(13)11-10-17-12-14-6-2-3-7-14/h14,17H,2-12H2,1H3. The summed E-state index contributed by atoms with van der Waals surface area (Å²) >= 11 is 0. The van der Waals surface area contributed by atoms with Gasteiger partial charge in [0.1, 0.15) is 5.82 Å². The highest BCUT2D eigenvalue weighted by Crippen LogP contribution is 2.24. The first-order valence-electron chi connectivity index (χ1n) is 8.10. The molecule has 0 amide bonds. The molecule has 0 bridgehead atoms. The highest BCUT2D eigenvalue weighted by molar-refractivity contribution is 5.19. The molecule has 3 rings (SSSR count). The Labute approximate surface area is 116 Å². The van der Waals surface area contributed by atoms with Crippen molar-refractivity contribution in [3.63, 3.8) is 0 Å². The molecule has 3 heteroatoms. The van der Waals surface area contributed by atoms with Gasteiger partial charge in [-0.15, -0.1) is 0 Å². The average molecular weight is 261 g/mol. The fraction of sp³-hybridized carbons (Fsp3) is 0.812. The van der Waals surface area contributed by atoms with Crippen LogP contribution in [-0.2, 0) is 19.4 Å². The number of rotatable bonds is 5. The van der Waals surface area contributed by atoms with E-state index in [4.69, 9.17) is 4.98 Å². The number of aryl methyl sites for hydroxylation is 2. The molecule has 0 spiro atoms. The topological polar surface area (TPSA) is 29.9 Å². The summed E-state index contributed by atoms with van der Waals surface area (Å²) in [5.41, 5.74) is 2.89. The molecule has 1 N–H and O–H groups in total. The van der Waals surface area contributed by atoms with E-state index in [1.165, 1.54) is 75.1 Å². The van der Waals surface area contributed by atoms with Gasteiger partial charge in [-0.2, -0.15) is 0 Å². The van der Waals surface area contributed by atoms with E-state index in [-0.39, 0.29) is 0 Å². The minimum atomic E-state index is 0.942. The van der Waals surface area contributed by atoms with Gasteiger partial charge >= 0.3 is 0 Å². The lowest BCUT2D eigenvalue weighted by molar-refractivity contribution is 0.470. The molecule has 0 aliphatic heterocycles. The molecule has 0 aromatic carbocycles. The quantitative estimate of drug-likeness (QED) is 0.826. The normalized spacial score (nSPS) is 19.8. The number of aromatic nitrogens is 2. The molecule has 1 aromatic rings. The molecule has 1 heterocycles. The molecule has 19 heavy (non-hydrogen) atoms. The Morgan fingerprint density at radius 2 is 1.95 bits per heavy atom. The monoisotopic (exact) mass is 261 g/mol. The summed E-state index contributed by atoms with van der Waals surface area (Å²) in [6, 6.07) is 0. The van der Waals surface area contributed by atoms with E-state index in [2.05, 4.69) is 16.8 Å². The van der Waals surface area contributed by atoms with Crippen molar-refractivity contribution in [3.8, 4) is 0 Å². The number of imidazole rings is 1. The number of hydrogen-bond donors (Lipinski definition) is 1. The lowest BCUT2D eigenvalue weighted by atomic mass is 10.0. The minimum absolute atomic E-state index is 0.942. The Bertz CT molecular complexity index is 416. The lowest BCUT2D eigenvalue weighted by Crippen LogP contribution is -2.26. The molecule has 3 nitrogen and oxygen atoms in total. The average Bonchev–Trinajstić information content (AvgIpc) is 3.02. The van der Waals surface area contributed by atoms with Gasteiger partial charge in [-0.1, -0.05) is 12.8 Å². The summed E-state index contributed by atoms with van der Waals surface area (Å²) in [7, 11) is 0. The Morgan fingerprint density at radius 1 is 1.16 bits per heavy atom. The molecule has 0 saturated heterocycles. The largest absolute Gasteiger partial charge is 0.331 e. The van der Waals surface area contributed by atoms with Gasteiger partial charge in [0, 0.05) is 18.8 Å². The number of nitrogens with one attached hydrogen (secondary N) is 1. The summed E-state index contributed by atoms with van der Waals surface area (Å²) in [6.07, 6.45) is 10.9. The number of hydrogen-bond acceptors (Lipinski definition) is 2. The third-order valence-electron chi connectivity index (χ3n) is 4.84. The maximum atomic E-state index is 4.74. The van der Waals surface area contributed by atoms with Crippen molar-refractivity contribution in [2.45, 2.75) is 64.8 Å². The highest BCUT2D eigenvalue weighted by atomic mass is 15.1. The molecule has 0 atom stereocenters. The molecule has 0 unspecified atom stereocenters. The van der Waals surface area contributed by atoms with Crippen molar-refractivity contribution < 1.29 is 0 Å². The summed E-state index contributed by atoms with van der Waals surface area (Å²) in [6.45, 7) is 5.58. The smallest absolute Gasteiger partial charge is 0.106 e. The van der Waals surface area contributed by atoms with Gasteiger partial charge in [-0.25, -0.2) is 4.98 Å². The van der Waals surface area contributed by atoms with Crippen LogP contribution in [0.3, 0.4) is 0 Å². The summed E-state index contributed by atoms with van der Waals surface area (Å²) in [4.78, 5) is 4.74.